The van der Waals surface area contributed by atoms with Crippen LogP contribution in [0.4, 0.5) is 11.4 Å². The molecule has 2 aromatic carbocycles. The Morgan fingerprint density at radius 2 is 1.19 bits per heavy atom. The van der Waals surface area contributed by atoms with Crippen molar-refractivity contribution >= 4 is 54.8 Å². The van der Waals surface area contributed by atoms with E-state index in [-0.39, 0.29) is 0 Å². The molecule has 0 aliphatic heterocycles. The molecule has 26 heavy (non-hydrogen) atoms. The van der Waals surface area contributed by atoms with Crippen molar-refractivity contribution in [1.82, 2.24) is 0 Å². The Bertz CT molecular complexity index is 583. The SMILES string of the molecule is CCOc1ccc(NC(=S)Nc2ccc(OCC)cc2)cc1.C[CH2][GaH][Cl]. The van der Waals surface area contributed by atoms with Gasteiger partial charge in [0, 0.05) is 11.4 Å². The van der Waals surface area contributed by atoms with E-state index in [1.807, 2.05) is 62.4 Å². The molecule has 0 heterocycles. The van der Waals surface area contributed by atoms with Gasteiger partial charge >= 0.3 is 37.9 Å². The first-order valence-electron chi connectivity index (χ1n) is 8.72. The van der Waals surface area contributed by atoms with E-state index >= 15 is 0 Å². The molecule has 0 amide bonds. The Morgan fingerprint density at radius 3 is 1.46 bits per heavy atom. The number of benzene rings is 2. The van der Waals surface area contributed by atoms with E-state index in [0.29, 0.717) is 18.3 Å². The van der Waals surface area contributed by atoms with Crippen LogP contribution in [0.15, 0.2) is 48.5 Å². The summed E-state index contributed by atoms with van der Waals surface area (Å²) in [5.41, 5.74) is 1.82. The first kappa shape index (κ1) is 22.7. The van der Waals surface area contributed by atoms with E-state index in [4.69, 9.17) is 31.3 Å². The van der Waals surface area contributed by atoms with Crippen molar-refractivity contribution in [2.75, 3.05) is 23.8 Å². The molecule has 140 valence electrons. The summed E-state index contributed by atoms with van der Waals surface area (Å²) < 4.78 is 10.8. The number of thiocarbonyl (C=S) groups is 1. The van der Waals surface area contributed by atoms with E-state index in [0.717, 1.165) is 22.9 Å². The summed E-state index contributed by atoms with van der Waals surface area (Å²) in [6, 6.07) is 15.3. The molecule has 0 fully saturated rings. The van der Waals surface area contributed by atoms with Gasteiger partial charge in [0.05, 0.1) is 13.2 Å². The van der Waals surface area contributed by atoms with Crippen LogP contribution in [-0.2, 0) is 0 Å². The average Bonchev–Trinajstić information content (AvgIpc) is 2.65. The Kier molecular flexibility index (Phi) is 12.1. The summed E-state index contributed by atoms with van der Waals surface area (Å²) in [5, 5.41) is 6.80. The third kappa shape index (κ3) is 9.38. The summed E-state index contributed by atoms with van der Waals surface area (Å²) in [5.74, 6) is 1.69. The van der Waals surface area contributed by atoms with Crippen molar-refractivity contribution in [2.45, 2.75) is 25.7 Å². The van der Waals surface area contributed by atoms with E-state index in [1.54, 1.807) is 0 Å². The van der Waals surface area contributed by atoms with Crippen molar-refractivity contribution in [1.29, 1.82) is 0 Å². The topological polar surface area (TPSA) is 42.5 Å². The number of ether oxygens (including phenoxy) is 2. The molecule has 2 aromatic rings. The van der Waals surface area contributed by atoms with Crippen LogP contribution in [0.25, 0.3) is 0 Å². The van der Waals surface area contributed by atoms with Crippen LogP contribution >= 0.6 is 21.9 Å². The second kappa shape index (κ2) is 13.8. The molecule has 0 bridgehead atoms. The fourth-order valence-electron chi connectivity index (χ4n) is 1.90. The molecule has 0 atom stereocenters. The van der Waals surface area contributed by atoms with E-state index in [1.165, 1.54) is 4.98 Å². The number of hydrogen-bond acceptors (Lipinski definition) is 3. The van der Waals surface area contributed by atoms with Gasteiger partial charge < -0.3 is 20.1 Å². The molecular formula is C19H26ClGaN2O2S. The third-order valence-corrected chi connectivity index (χ3v) is 6.00. The van der Waals surface area contributed by atoms with Crippen molar-refractivity contribution in [2.24, 2.45) is 0 Å². The molecule has 0 aromatic heterocycles. The van der Waals surface area contributed by atoms with Gasteiger partial charge in [-0.05, 0) is 74.6 Å². The predicted octanol–water partition coefficient (Wildman–Crippen LogP) is 5.31. The molecule has 2 rings (SSSR count). The molecule has 0 aliphatic rings. The number of anilines is 2. The van der Waals surface area contributed by atoms with E-state index in [9.17, 15) is 0 Å². The zero-order chi connectivity index (χ0) is 19.2. The molecule has 0 spiro atoms. The van der Waals surface area contributed by atoms with Crippen molar-refractivity contribution in [3.63, 3.8) is 0 Å². The molecule has 0 saturated carbocycles. The van der Waals surface area contributed by atoms with Crippen LogP contribution in [0, 0.1) is 0 Å². The summed E-state index contributed by atoms with van der Waals surface area (Å²) in [6.07, 6.45) is 0. The zero-order valence-corrected chi connectivity index (χ0v) is 20.1. The van der Waals surface area contributed by atoms with Crippen LogP contribution in [0.3, 0.4) is 0 Å². The quantitative estimate of drug-likeness (QED) is 0.441. The molecule has 4 nitrogen and oxygen atoms in total. The first-order valence-corrected chi connectivity index (χ1v) is 15.1. The van der Waals surface area contributed by atoms with Gasteiger partial charge in [-0.3, -0.25) is 0 Å². The van der Waals surface area contributed by atoms with Crippen LogP contribution < -0.4 is 20.1 Å². The minimum absolute atomic E-state index is 0.417. The fourth-order valence-corrected chi connectivity index (χ4v) is 2.13. The maximum atomic E-state index is 5.40. The summed E-state index contributed by atoms with van der Waals surface area (Å²) in [6.45, 7) is 7.37. The zero-order valence-electron chi connectivity index (χ0n) is 15.5. The maximum absolute atomic E-state index is 5.40. The Labute approximate surface area is 173 Å². The van der Waals surface area contributed by atoms with Gasteiger partial charge in [-0.1, -0.05) is 0 Å². The Hall–Kier alpha value is -1.34. The monoisotopic (exact) mass is 450 g/mol. The van der Waals surface area contributed by atoms with Gasteiger partial charge in [0.2, 0.25) is 0 Å². The number of halogens is 1. The Morgan fingerprint density at radius 1 is 0.846 bits per heavy atom. The van der Waals surface area contributed by atoms with Gasteiger partial charge in [0.15, 0.2) is 5.11 Å². The second-order valence-electron chi connectivity index (χ2n) is 5.18. The Balaban J connectivity index is 0.000000765. The first-order chi connectivity index (χ1) is 12.6. The molecule has 0 saturated heterocycles. The van der Waals surface area contributed by atoms with E-state index in [2.05, 4.69) is 17.6 Å². The molecule has 0 radical (unpaired) electrons. The van der Waals surface area contributed by atoms with Gasteiger partial charge in [-0.2, -0.15) is 0 Å². The second-order valence-corrected chi connectivity index (χ2v) is 10.4. The molecule has 0 aliphatic carbocycles. The van der Waals surface area contributed by atoms with Crippen LogP contribution in [-0.4, -0.2) is 34.7 Å². The van der Waals surface area contributed by atoms with Crippen LogP contribution in [0.5, 0.6) is 11.5 Å². The van der Waals surface area contributed by atoms with Gasteiger partial charge in [-0.25, -0.2) is 0 Å². The van der Waals surface area contributed by atoms with Crippen molar-refractivity contribution < 1.29 is 9.47 Å². The molecule has 2 N–H and O–H groups in total. The molecule has 7 heteroatoms. The molecular weight excluding hydrogens is 425 g/mol. The van der Waals surface area contributed by atoms with Gasteiger partial charge in [0.1, 0.15) is 11.5 Å². The summed E-state index contributed by atoms with van der Waals surface area (Å²) >= 11 is 4.88. The predicted molar refractivity (Wildman–Crippen MR) is 119 cm³/mol. The summed E-state index contributed by atoms with van der Waals surface area (Å²) in [4.78, 5) is 1.27. The van der Waals surface area contributed by atoms with Crippen molar-refractivity contribution in [3.8, 4) is 11.5 Å². The number of rotatable bonds is 7. The molecule has 0 unspecified atom stereocenters. The average molecular weight is 452 g/mol. The number of hydrogen-bond donors (Lipinski definition) is 2. The number of nitrogens with one attached hydrogen (secondary N) is 2. The minimum atomic E-state index is -0.417. The standard InChI is InChI=1S/C17H20N2O2S.C2H5.ClH.Ga.H/c1-3-20-15-9-5-13(6-10-15)18-17(22)19-14-7-11-16(12-8-14)21-4-2;1-2;;;/h5-12H,3-4H2,1-2H3,(H2,18,19,22);1H2,2H3;1H;;/q;;;+1;/p-1. The van der Waals surface area contributed by atoms with E-state index < -0.39 is 16.4 Å². The van der Waals surface area contributed by atoms with Crippen LogP contribution in [0.2, 0.25) is 4.98 Å². The van der Waals surface area contributed by atoms with Crippen LogP contribution in [0.1, 0.15) is 20.8 Å². The van der Waals surface area contributed by atoms with Gasteiger partial charge in [0.25, 0.3) is 0 Å². The van der Waals surface area contributed by atoms with Crippen molar-refractivity contribution in [3.05, 3.63) is 48.5 Å². The van der Waals surface area contributed by atoms with Gasteiger partial charge in [-0.15, -0.1) is 0 Å². The summed E-state index contributed by atoms with van der Waals surface area (Å²) in [7, 11) is 5.37. The normalized spacial score (nSPS) is 9.38. The fraction of sp³-hybridized carbons (Fsp3) is 0.316. The third-order valence-electron chi connectivity index (χ3n) is 3.04.